The van der Waals surface area contributed by atoms with Crippen molar-refractivity contribution in [2.45, 2.75) is 5.66 Å². The first-order valence-electron chi connectivity index (χ1n) is 8.45. The predicted octanol–water partition coefficient (Wildman–Crippen LogP) is 4.24. The molecular formula is C19H22N3OP. The first-order valence-corrected chi connectivity index (χ1v) is 10.5. The van der Waals surface area contributed by atoms with Crippen LogP contribution in [0.3, 0.4) is 0 Å². The molecule has 0 N–H and O–H groups in total. The topological polar surface area (TPSA) is 19.0 Å². The molecule has 2 aromatic rings. The first kappa shape index (κ1) is 14.5. The second kappa shape index (κ2) is 4.60. The number of anilines is 1. The van der Waals surface area contributed by atoms with Crippen molar-refractivity contribution < 1.29 is 4.52 Å². The molecule has 24 heavy (non-hydrogen) atoms. The van der Waals surface area contributed by atoms with Crippen LogP contribution < -0.4 is 9.19 Å². The van der Waals surface area contributed by atoms with E-state index in [0.717, 1.165) is 18.8 Å². The van der Waals surface area contributed by atoms with Crippen molar-refractivity contribution in [2.75, 3.05) is 31.9 Å². The van der Waals surface area contributed by atoms with Crippen LogP contribution in [0.4, 0.5) is 5.69 Å². The monoisotopic (exact) mass is 339 g/mol. The molecule has 4 nitrogen and oxygen atoms in total. The molecule has 1 fully saturated rings. The Kier molecular flexibility index (Phi) is 2.78. The molecule has 2 aromatic carbocycles. The van der Waals surface area contributed by atoms with E-state index in [-0.39, 0.29) is 5.66 Å². The van der Waals surface area contributed by atoms with E-state index in [0.29, 0.717) is 0 Å². The van der Waals surface area contributed by atoms with Crippen LogP contribution in [-0.4, -0.2) is 36.5 Å². The van der Waals surface area contributed by atoms with Crippen LogP contribution in [0.1, 0.15) is 11.2 Å². The molecule has 1 spiro atoms. The number of benzene rings is 2. The SMILES string of the molecule is CN1CCN(C)P123Oc1ccccc1N2C=CC3c1ccccc1. The molecule has 3 heterocycles. The van der Waals surface area contributed by atoms with Gasteiger partial charge in [0.2, 0.25) is 0 Å². The van der Waals surface area contributed by atoms with Gasteiger partial charge in [0.05, 0.1) is 0 Å². The first-order chi connectivity index (χ1) is 11.7. The second-order valence-corrected chi connectivity index (χ2v) is 11.3. The van der Waals surface area contributed by atoms with Crippen molar-refractivity contribution in [1.82, 2.24) is 9.34 Å². The molecule has 1 saturated heterocycles. The van der Waals surface area contributed by atoms with Gasteiger partial charge in [-0.25, -0.2) is 0 Å². The predicted molar refractivity (Wildman–Crippen MR) is 100 cm³/mol. The number of likely N-dealkylation sites (N-methyl/N-ethyl adjacent to an activating group) is 2. The number of hydrogen-bond acceptors (Lipinski definition) is 4. The third-order valence-electron chi connectivity index (χ3n) is 5.86. The van der Waals surface area contributed by atoms with Crippen LogP contribution in [0.2, 0.25) is 0 Å². The van der Waals surface area contributed by atoms with Gasteiger partial charge in [-0.15, -0.1) is 0 Å². The van der Waals surface area contributed by atoms with Gasteiger partial charge in [0.25, 0.3) is 0 Å². The minimum absolute atomic E-state index is 0.224. The van der Waals surface area contributed by atoms with Crippen molar-refractivity contribution >= 4 is 13.0 Å². The number of nitrogens with zero attached hydrogens (tertiary/aromatic N) is 3. The standard InChI is InChI=1S/C19H22N3OP/c1-20-14-15-21(2)24(20)19(16-8-4-3-5-9-16)12-13-22(24)17-10-6-7-11-18(17)23-24/h3-13,19H,14-15H2,1-2H3. The fourth-order valence-corrected chi connectivity index (χ4v) is 10.9. The molecule has 3 aliphatic heterocycles. The molecule has 124 valence electrons. The molecule has 0 amide bonds. The number of rotatable bonds is 1. The van der Waals surface area contributed by atoms with E-state index >= 15 is 0 Å². The van der Waals surface area contributed by atoms with Crippen LogP contribution in [-0.2, 0) is 0 Å². The zero-order chi connectivity index (χ0) is 16.4. The van der Waals surface area contributed by atoms with E-state index < -0.39 is 7.28 Å². The number of allylic oxidation sites excluding steroid dienone is 1. The quantitative estimate of drug-likeness (QED) is 0.723. The molecule has 0 saturated carbocycles. The molecule has 0 aliphatic carbocycles. The van der Waals surface area contributed by atoms with Crippen LogP contribution in [0.25, 0.3) is 0 Å². The van der Waals surface area contributed by atoms with E-state index in [2.05, 4.69) is 95.0 Å². The van der Waals surface area contributed by atoms with Gasteiger partial charge in [-0.2, -0.15) is 0 Å². The van der Waals surface area contributed by atoms with Gasteiger partial charge >= 0.3 is 143 Å². The number of para-hydroxylation sites is 2. The van der Waals surface area contributed by atoms with Crippen molar-refractivity contribution in [3.8, 4) is 5.75 Å². The van der Waals surface area contributed by atoms with Crippen LogP contribution >= 0.6 is 7.28 Å². The molecule has 3 aliphatic rings. The van der Waals surface area contributed by atoms with E-state index in [1.165, 1.54) is 11.3 Å². The van der Waals surface area contributed by atoms with Gasteiger partial charge in [0.1, 0.15) is 0 Å². The molecule has 0 aromatic heterocycles. The van der Waals surface area contributed by atoms with Crippen LogP contribution in [0.15, 0.2) is 66.9 Å². The summed E-state index contributed by atoms with van der Waals surface area (Å²) in [5, 5.41) is 0. The van der Waals surface area contributed by atoms with Gasteiger partial charge in [-0.3, -0.25) is 0 Å². The van der Waals surface area contributed by atoms with E-state index in [9.17, 15) is 0 Å². The summed E-state index contributed by atoms with van der Waals surface area (Å²) in [7, 11) is 1.47. The Balaban J connectivity index is 1.80. The second-order valence-electron chi connectivity index (χ2n) is 6.83. The Morgan fingerprint density at radius 3 is 2.33 bits per heavy atom. The maximum absolute atomic E-state index is 7.00. The summed E-state index contributed by atoms with van der Waals surface area (Å²) in [6, 6.07) is 19.2. The maximum atomic E-state index is 7.00. The van der Waals surface area contributed by atoms with Crippen molar-refractivity contribution in [2.24, 2.45) is 0 Å². The average molecular weight is 339 g/mol. The Bertz CT molecular complexity index is 828. The van der Waals surface area contributed by atoms with Gasteiger partial charge in [-0.1, -0.05) is 0 Å². The Labute approximate surface area is 143 Å². The summed E-state index contributed by atoms with van der Waals surface area (Å²) >= 11 is 0. The van der Waals surface area contributed by atoms with Gasteiger partial charge < -0.3 is 0 Å². The summed E-state index contributed by atoms with van der Waals surface area (Å²) in [4.78, 5) is 0. The Hall–Kier alpha value is -1.87. The summed E-state index contributed by atoms with van der Waals surface area (Å²) in [5.41, 5.74) is 2.73. The van der Waals surface area contributed by atoms with Crippen molar-refractivity contribution in [3.63, 3.8) is 0 Å². The summed E-state index contributed by atoms with van der Waals surface area (Å²) < 4.78 is 14.4. The fourth-order valence-electron chi connectivity index (χ4n) is 4.71. The zero-order valence-electron chi connectivity index (χ0n) is 14.0. The van der Waals surface area contributed by atoms with Gasteiger partial charge in [0.15, 0.2) is 0 Å². The molecule has 0 bridgehead atoms. The summed E-state index contributed by atoms with van der Waals surface area (Å²) in [6.07, 6.45) is 4.58. The summed E-state index contributed by atoms with van der Waals surface area (Å²) in [6.45, 7) is 2.04. The average Bonchev–Trinajstić information content (AvgIpc) is 3.20. The molecule has 1 atom stereocenters. The zero-order valence-corrected chi connectivity index (χ0v) is 14.9. The molecular weight excluding hydrogens is 317 g/mol. The third kappa shape index (κ3) is 1.38. The molecule has 5 heteroatoms. The summed E-state index contributed by atoms with van der Waals surface area (Å²) in [5.74, 6) is 1.00. The third-order valence-corrected chi connectivity index (χ3v) is 12.0. The fraction of sp³-hybridized carbons (Fsp3) is 0.263. The van der Waals surface area contributed by atoms with Gasteiger partial charge in [0, 0.05) is 0 Å². The van der Waals surface area contributed by atoms with E-state index in [1.54, 1.807) is 0 Å². The van der Waals surface area contributed by atoms with Crippen molar-refractivity contribution in [3.05, 3.63) is 72.4 Å². The molecule has 5 rings (SSSR count). The Morgan fingerprint density at radius 1 is 0.917 bits per heavy atom. The number of fused-ring (bicyclic) bond motifs is 2. The van der Waals surface area contributed by atoms with Gasteiger partial charge in [-0.05, 0) is 0 Å². The minimum atomic E-state index is -2.99. The van der Waals surface area contributed by atoms with Crippen LogP contribution in [0, 0.1) is 0 Å². The Morgan fingerprint density at radius 2 is 1.58 bits per heavy atom. The molecule has 0 radical (unpaired) electrons. The molecule has 1 unspecified atom stereocenters. The van der Waals surface area contributed by atoms with E-state index in [1.807, 2.05) is 0 Å². The van der Waals surface area contributed by atoms with Crippen LogP contribution in [0.5, 0.6) is 5.75 Å². The normalized spacial score (nSPS) is 28.3. The van der Waals surface area contributed by atoms with Crippen molar-refractivity contribution in [1.29, 1.82) is 0 Å². The number of hydrogen-bond donors (Lipinski definition) is 0. The van der Waals surface area contributed by atoms with E-state index in [4.69, 9.17) is 4.52 Å².